The number of ether oxygens (including phenoxy) is 1. The number of nitro groups is 1. The first-order chi connectivity index (χ1) is 14.4. The maximum Gasteiger partial charge on any atom is 0.220 e. The van der Waals surface area contributed by atoms with Crippen LogP contribution in [0.1, 0.15) is 22.2 Å². The summed E-state index contributed by atoms with van der Waals surface area (Å²) in [5, 5.41) is 20.0. The first kappa shape index (κ1) is 22.0. The van der Waals surface area contributed by atoms with E-state index in [1.807, 2.05) is 54.8 Å². The van der Waals surface area contributed by atoms with Crippen molar-refractivity contribution < 1.29 is 9.66 Å². The lowest BCUT2D eigenvalue weighted by atomic mass is 10.1. The van der Waals surface area contributed by atoms with Gasteiger partial charge in [0.1, 0.15) is 23.4 Å². The second-order valence-electron chi connectivity index (χ2n) is 6.61. The van der Waals surface area contributed by atoms with E-state index in [2.05, 4.69) is 32.7 Å². The summed E-state index contributed by atoms with van der Waals surface area (Å²) in [5.74, 6) is 1.29. The summed E-state index contributed by atoms with van der Waals surface area (Å²) in [6.07, 6.45) is 1.64. The Balaban J connectivity index is 2.03. The Labute approximate surface area is 187 Å². The Morgan fingerprint density at radius 1 is 1.30 bits per heavy atom. The van der Waals surface area contributed by atoms with Crippen LogP contribution in [0.15, 0.2) is 64.7 Å². The molecule has 0 N–H and O–H groups in total. The van der Waals surface area contributed by atoms with E-state index in [1.54, 1.807) is 12.1 Å². The van der Waals surface area contributed by atoms with E-state index in [0.717, 1.165) is 15.7 Å². The summed E-state index contributed by atoms with van der Waals surface area (Å²) in [4.78, 5) is 11.1. The molecule has 1 aromatic heterocycles. The molecular formula is C21H21BrN4O3S. The maximum absolute atomic E-state index is 11.5. The minimum atomic E-state index is -0.524. The van der Waals surface area contributed by atoms with Crippen LogP contribution in [0, 0.1) is 24.0 Å². The van der Waals surface area contributed by atoms with Gasteiger partial charge in [-0.05, 0) is 49.7 Å². The first-order valence-electron chi connectivity index (χ1n) is 9.19. The fourth-order valence-electron chi connectivity index (χ4n) is 3.00. The van der Waals surface area contributed by atoms with Crippen molar-refractivity contribution in [1.82, 2.24) is 14.8 Å². The highest BCUT2D eigenvalue weighted by molar-refractivity contribution is 9.10. The smallest absolute Gasteiger partial charge is 0.220 e. The molecule has 0 radical (unpaired) electrons. The van der Waals surface area contributed by atoms with E-state index < -0.39 is 5.25 Å². The lowest BCUT2D eigenvalue weighted by Gasteiger charge is -2.18. The van der Waals surface area contributed by atoms with Crippen molar-refractivity contribution in [2.24, 2.45) is 0 Å². The van der Waals surface area contributed by atoms with E-state index in [1.165, 1.54) is 11.8 Å². The van der Waals surface area contributed by atoms with Gasteiger partial charge >= 0.3 is 0 Å². The van der Waals surface area contributed by atoms with Crippen LogP contribution in [0.5, 0.6) is 5.75 Å². The monoisotopic (exact) mass is 488 g/mol. The Hall–Kier alpha value is -2.65. The minimum absolute atomic E-state index is 0.286. The van der Waals surface area contributed by atoms with Crippen LogP contribution in [0.4, 0.5) is 0 Å². The van der Waals surface area contributed by atoms with Gasteiger partial charge in [0.05, 0.1) is 0 Å². The van der Waals surface area contributed by atoms with Gasteiger partial charge in [-0.2, -0.15) is 0 Å². The summed E-state index contributed by atoms with van der Waals surface area (Å²) in [6.45, 7) is 7.56. The van der Waals surface area contributed by atoms with Gasteiger partial charge in [-0.3, -0.25) is 14.7 Å². The van der Waals surface area contributed by atoms with E-state index in [4.69, 9.17) is 4.74 Å². The van der Waals surface area contributed by atoms with Gasteiger partial charge in [-0.25, -0.2) is 0 Å². The van der Waals surface area contributed by atoms with E-state index in [0.29, 0.717) is 28.9 Å². The molecule has 0 aliphatic rings. The highest BCUT2D eigenvalue weighted by Gasteiger charge is 2.27. The number of benzene rings is 2. The molecule has 0 amide bonds. The molecule has 0 bridgehead atoms. The minimum Gasteiger partial charge on any atom is -0.489 e. The SMILES string of the molecule is C=CCOc1ccc(Br)cc1[C@@H](C[N+](=O)[O-])Sc1nnc(C)n1-c1cccc(C)c1. The number of halogens is 1. The average Bonchev–Trinajstić information content (AvgIpc) is 3.06. The van der Waals surface area contributed by atoms with Crippen molar-refractivity contribution >= 4 is 27.7 Å². The maximum atomic E-state index is 11.5. The molecule has 2 aromatic carbocycles. The Morgan fingerprint density at radius 3 is 2.80 bits per heavy atom. The molecule has 1 heterocycles. The molecule has 0 saturated carbocycles. The van der Waals surface area contributed by atoms with Crippen molar-refractivity contribution in [3.8, 4) is 11.4 Å². The fraction of sp³-hybridized carbons (Fsp3) is 0.238. The zero-order chi connectivity index (χ0) is 21.7. The van der Waals surface area contributed by atoms with Gasteiger partial charge in [0, 0.05) is 20.6 Å². The van der Waals surface area contributed by atoms with E-state index >= 15 is 0 Å². The molecule has 0 fully saturated rings. The molecule has 3 aromatic rings. The van der Waals surface area contributed by atoms with Crippen molar-refractivity contribution in [3.05, 3.63) is 86.7 Å². The summed E-state index contributed by atoms with van der Waals surface area (Å²) < 4.78 is 8.48. The van der Waals surface area contributed by atoms with Gasteiger partial charge in [0.25, 0.3) is 0 Å². The molecule has 1 atom stereocenters. The largest absolute Gasteiger partial charge is 0.489 e. The van der Waals surface area contributed by atoms with E-state index in [-0.39, 0.29) is 11.5 Å². The number of aromatic nitrogens is 3. The van der Waals surface area contributed by atoms with Gasteiger partial charge in [-0.15, -0.1) is 10.2 Å². The Morgan fingerprint density at radius 2 is 2.10 bits per heavy atom. The molecule has 0 aliphatic heterocycles. The predicted molar refractivity (Wildman–Crippen MR) is 121 cm³/mol. The highest BCUT2D eigenvalue weighted by atomic mass is 79.9. The molecular weight excluding hydrogens is 468 g/mol. The molecule has 0 unspecified atom stereocenters. The molecule has 9 heteroatoms. The van der Waals surface area contributed by atoms with Gasteiger partial charge in [-0.1, -0.05) is 52.5 Å². The Bertz CT molecular complexity index is 1070. The lowest BCUT2D eigenvalue weighted by molar-refractivity contribution is -0.479. The summed E-state index contributed by atoms with van der Waals surface area (Å²) in [5.41, 5.74) is 2.73. The van der Waals surface area contributed by atoms with Crippen LogP contribution >= 0.6 is 27.7 Å². The third-order valence-electron chi connectivity index (χ3n) is 4.29. The molecule has 30 heavy (non-hydrogen) atoms. The van der Waals surface area contributed by atoms with Crippen molar-refractivity contribution in [2.75, 3.05) is 13.2 Å². The zero-order valence-corrected chi connectivity index (χ0v) is 19.0. The second kappa shape index (κ2) is 9.90. The fourth-order valence-corrected chi connectivity index (χ4v) is 4.57. The highest BCUT2D eigenvalue weighted by Crippen LogP contribution is 2.41. The van der Waals surface area contributed by atoms with Crippen LogP contribution in [0.3, 0.4) is 0 Å². The quantitative estimate of drug-likeness (QED) is 0.175. The number of hydrogen-bond acceptors (Lipinski definition) is 6. The van der Waals surface area contributed by atoms with Crippen LogP contribution in [-0.2, 0) is 0 Å². The van der Waals surface area contributed by atoms with Crippen molar-refractivity contribution in [2.45, 2.75) is 24.3 Å². The van der Waals surface area contributed by atoms with Gasteiger partial charge in [0.15, 0.2) is 5.16 Å². The number of hydrogen-bond donors (Lipinski definition) is 0. The number of nitrogens with zero attached hydrogens (tertiary/aromatic N) is 4. The summed E-state index contributed by atoms with van der Waals surface area (Å²) >= 11 is 4.76. The van der Waals surface area contributed by atoms with Gasteiger partial charge in [0.2, 0.25) is 6.54 Å². The molecule has 0 spiro atoms. The summed E-state index contributed by atoms with van der Waals surface area (Å²) in [7, 11) is 0. The first-order valence-corrected chi connectivity index (χ1v) is 10.9. The number of aryl methyl sites for hydroxylation is 2. The molecule has 156 valence electrons. The summed E-state index contributed by atoms with van der Waals surface area (Å²) in [6, 6.07) is 13.5. The third kappa shape index (κ3) is 5.28. The average molecular weight is 489 g/mol. The van der Waals surface area contributed by atoms with Gasteiger partial charge < -0.3 is 4.74 Å². The normalized spacial score (nSPS) is 11.8. The van der Waals surface area contributed by atoms with E-state index in [9.17, 15) is 10.1 Å². The molecule has 3 rings (SSSR count). The second-order valence-corrected chi connectivity index (χ2v) is 8.69. The molecule has 0 saturated heterocycles. The van der Waals surface area contributed by atoms with Crippen LogP contribution in [0.25, 0.3) is 5.69 Å². The molecule has 7 nitrogen and oxygen atoms in total. The van der Waals surface area contributed by atoms with Crippen LogP contribution < -0.4 is 4.74 Å². The Kier molecular flexibility index (Phi) is 7.28. The number of rotatable bonds is 9. The van der Waals surface area contributed by atoms with Crippen LogP contribution in [0.2, 0.25) is 0 Å². The lowest BCUT2D eigenvalue weighted by Crippen LogP contribution is -2.12. The van der Waals surface area contributed by atoms with Crippen molar-refractivity contribution in [3.63, 3.8) is 0 Å². The molecule has 0 aliphatic carbocycles. The predicted octanol–water partition coefficient (Wildman–Crippen LogP) is 5.32. The standard InChI is InChI=1S/C21H21BrN4O3S/c1-4-10-29-19-9-8-16(22)12-18(19)20(13-25(27)28)30-21-24-23-15(3)26(21)17-7-5-6-14(2)11-17/h4-9,11-12,20H,1,10,13H2,2-3H3/t20-/m1/s1. The zero-order valence-electron chi connectivity index (χ0n) is 16.6. The topological polar surface area (TPSA) is 83.1 Å². The van der Waals surface area contributed by atoms with Crippen molar-refractivity contribution in [1.29, 1.82) is 0 Å². The third-order valence-corrected chi connectivity index (χ3v) is 5.95. The number of thioether (sulfide) groups is 1. The van der Waals surface area contributed by atoms with Crippen LogP contribution in [-0.4, -0.2) is 32.8 Å².